The fraction of sp³-hybridized carbons (Fsp3) is 0.667. The zero-order chi connectivity index (χ0) is 10.1. The van der Waals surface area contributed by atoms with Gasteiger partial charge in [-0.05, 0) is 11.6 Å². The van der Waals surface area contributed by atoms with Crippen LogP contribution in [-0.4, -0.2) is 41.9 Å². The third-order valence-corrected chi connectivity index (χ3v) is 1.46. The predicted octanol–water partition coefficient (Wildman–Crippen LogP) is 1.30. The monoisotopic (exact) mass is 233 g/mol. The maximum atomic E-state index is 10.3. The van der Waals surface area contributed by atoms with Crippen molar-refractivity contribution in [2.75, 3.05) is 25.9 Å². The first kappa shape index (κ1) is 14.5. The van der Waals surface area contributed by atoms with E-state index >= 15 is 0 Å². The molecule has 0 N–H and O–H groups in total. The predicted molar refractivity (Wildman–Crippen MR) is 51.0 cm³/mol. The van der Waals surface area contributed by atoms with Gasteiger partial charge >= 0.3 is 0 Å². The number of alkyl halides is 2. The van der Waals surface area contributed by atoms with Crippen molar-refractivity contribution in [1.82, 2.24) is 4.90 Å². The molecule has 0 rings (SSSR count). The Balaban J connectivity index is 0. The molecule has 0 fully saturated rings. The quantitative estimate of drug-likeness (QED) is 0.534. The van der Waals surface area contributed by atoms with Gasteiger partial charge in [-0.1, -0.05) is 0 Å². The molecule has 0 heterocycles. The van der Waals surface area contributed by atoms with E-state index < -0.39 is 5.24 Å². The number of carbonyl (C=O) groups is 2. The first-order chi connectivity index (χ1) is 5.45. The van der Waals surface area contributed by atoms with Crippen molar-refractivity contribution < 1.29 is 9.59 Å². The van der Waals surface area contributed by atoms with E-state index in [1.54, 1.807) is 14.1 Å². The summed E-state index contributed by atoms with van der Waals surface area (Å²) in [6.45, 7) is 0. The highest BCUT2D eigenvalue weighted by molar-refractivity contribution is 6.67. The molecule has 0 aromatic heterocycles. The number of amides is 1. The lowest BCUT2D eigenvalue weighted by atomic mass is 10.6. The SMILES string of the molecule is CN(C)C(=O)CCl.O=C(Cl)CCl. The molecule has 0 aliphatic heterocycles. The number of carbonyl (C=O) groups excluding carboxylic acids is 2. The van der Waals surface area contributed by atoms with Crippen LogP contribution in [0.2, 0.25) is 0 Å². The van der Waals surface area contributed by atoms with Crippen LogP contribution in [0, 0.1) is 0 Å². The van der Waals surface area contributed by atoms with Gasteiger partial charge in [-0.3, -0.25) is 9.59 Å². The molecule has 72 valence electrons. The lowest BCUT2D eigenvalue weighted by Gasteiger charge is -2.04. The third-order valence-electron chi connectivity index (χ3n) is 0.718. The Morgan fingerprint density at radius 2 is 1.50 bits per heavy atom. The fourth-order valence-electron chi connectivity index (χ4n) is 0.120. The highest BCUT2D eigenvalue weighted by Gasteiger charge is 1.97. The normalized spacial score (nSPS) is 8.08. The van der Waals surface area contributed by atoms with Crippen molar-refractivity contribution >= 4 is 46.0 Å². The summed E-state index contributed by atoms with van der Waals surface area (Å²) in [5.41, 5.74) is 0. The first-order valence-electron chi connectivity index (χ1n) is 2.96. The molecule has 0 saturated heterocycles. The third kappa shape index (κ3) is 12.7. The average Bonchev–Trinajstić information content (AvgIpc) is 2.04. The summed E-state index contributed by atoms with van der Waals surface area (Å²) in [6.07, 6.45) is 0. The molecule has 0 radical (unpaired) electrons. The van der Waals surface area contributed by atoms with Crippen molar-refractivity contribution in [3.63, 3.8) is 0 Å². The number of nitrogens with zero attached hydrogens (tertiary/aromatic N) is 1. The van der Waals surface area contributed by atoms with Crippen LogP contribution in [0.15, 0.2) is 0 Å². The second-order valence-corrected chi connectivity index (χ2v) is 2.87. The Hall–Kier alpha value is 0.01000. The molecule has 12 heavy (non-hydrogen) atoms. The van der Waals surface area contributed by atoms with Gasteiger partial charge in [0.1, 0.15) is 5.88 Å². The molecule has 0 unspecified atom stereocenters. The van der Waals surface area contributed by atoms with Crippen molar-refractivity contribution in [2.45, 2.75) is 0 Å². The van der Waals surface area contributed by atoms with Crippen LogP contribution in [0.5, 0.6) is 0 Å². The largest absolute Gasteiger partial charge is 0.348 e. The summed E-state index contributed by atoms with van der Waals surface area (Å²) < 4.78 is 0. The number of hydrogen-bond acceptors (Lipinski definition) is 2. The lowest BCUT2D eigenvalue weighted by molar-refractivity contribution is -0.126. The Labute approximate surface area is 86.6 Å². The minimum absolute atomic E-state index is 0.0540. The molecule has 1 amide bonds. The molecular formula is C6H10Cl3NO2. The molecule has 0 bridgehead atoms. The lowest BCUT2D eigenvalue weighted by Crippen LogP contribution is -2.22. The van der Waals surface area contributed by atoms with Crippen LogP contribution in [0.25, 0.3) is 0 Å². The minimum atomic E-state index is -0.508. The maximum absolute atomic E-state index is 10.3. The van der Waals surface area contributed by atoms with E-state index in [1.165, 1.54) is 4.90 Å². The zero-order valence-electron chi connectivity index (χ0n) is 6.81. The van der Waals surface area contributed by atoms with E-state index in [0.29, 0.717) is 0 Å². The smallest absolute Gasteiger partial charge is 0.236 e. The van der Waals surface area contributed by atoms with Gasteiger partial charge in [0, 0.05) is 14.1 Å². The van der Waals surface area contributed by atoms with Crippen molar-refractivity contribution in [1.29, 1.82) is 0 Å². The molecule has 0 aromatic carbocycles. The van der Waals surface area contributed by atoms with Gasteiger partial charge in [-0.15, -0.1) is 23.2 Å². The summed E-state index contributed by atoms with van der Waals surface area (Å²) in [4.78, 5) is 21.2. The molecule has 0 aromatic rings. The van der Waals surface area contributed by atoms with E-state index in [-0.39, 0.29) is 17.7 Å². The van der Waals surface area contributed by atoms with Crippen LogP contribution < -0.4 is 0 Å². The molecule has 0 aliphatic rings. The zero-order valence-corrected chi connectivity index (χ0v) is 9.08. The van der Waals surface area contributed by atoms with Crippen LogP contribution in [0.4, 0.5) is 0 Å². The summed E-state index contributed by atoms with van der Waals surface area (Å²) in [6, 6.07) is 0. The van der Waals surface area contributed by atoms with E-state index in [1.807, 2.05) is 0 Å². The van der Waals surface area contributed by atoms with Crippen molar-refractivity contribution in [3.8, 4) is 0 Å². The van der Waals surface area contributed by atoms with E-state index in [2.05, 4.69) is 0 Å². The number of hydrogen-bond donors (Lipinski definition) is 0. The summed E-state index contributed by atoms with van der Waals surface area (Å²) in [7, 11) is 3.34. The second-order valence-electron chi connectivity index (χ2n) is 1.91. The van der Waals surface area contributed by atoms with Crippen LogP contribution in [0.3, 0.4) is 0 Å². The van der Waals surface area contributed by atoms with E-state index in [4.69, 9.17) is 34.8 Å². The maximum Gasteiger partial charge on any atom is 0.236 e. The molecule has 3 nitrogen and oxygen atoms in total. The Morgan fingerprint density at radius 3 is 1.50 bits per heavy atom. The summed E-state index contributed by atoms with van der Waals surface area (Å²) in [5.74, 6) is -0.0733. The fourth-order valence-corrected chi connectivity index (χ4v) is 0.359. The number of rotatable bonds is 2. The van der Waals surface area contributed by atoms with Gasteiger partial charge in [-0.2, -0.15) is 0 Å². The minimum Gasteiger partial charge on any atom is -0.348 e. The molecule has 0 aliphatic carbocycles. The summed E-state index contributed by atoms with van der Waals surface area (Å²) >= 11 is 14.7. The topological polar surface area (TPSA) is 37.4 Å². The van der Waals surface area contributed by atoms with Crippen molar-refractivity contribution in [3.05, 3.63) is 0 Å². The number of halogens is 3. The van der Waals surface area contributed by atoms with Gasteiger partial charge in [0.25, 0.3) is 0 Å². The average molecular weight is 235 g/mol. The molecule has 6 heteroatoms. The van der Waals surface area contributed by atoms with Crippen LogP contribution in [0.1, 0.15) is 0 Å². The first-order valence-corrected chi connectivity index (χ1v) is 4.40. The Bertz CT molecular complexity index is 150. The van der Waals surface area contributed by atoms with E-state index in [0.717, 1.165) is 0 Å². The molecule has 0 atom stereocenters. The summed E-state index contributed by atoms with van der Waals surface area (Å²) in [5, 5.41) is -0.508. The Morgan fingerprint density at radius 1 is 1.17 bits per heavy atom. The highest BCUT2D eigenvalue weighted by atomic mass is 35.5. The van der Waals surface area contributed by atoms with Gasteiger partial charge in [0.05, 0.1) is 5.88 Å². The standard InChI is InChI=1S/C4H8ClNO.C2H2Cl2O/c1-6(2)4(7)3-5;3-1-2(4)5/h3H2,1-2H3;1H2. The van der Waals surface area contributed by atoms with Crippen LogP contribution >= 0.6 is 34.8 Å². The molecule has 0 saturated carbocycles. The highest BCUT2D eigenvalue weighted by Crippen LogP contribution is 1.80. The van der Waals surface area contributed by atoms with Crippen molar-refractivity contribution in [2.24, 2.45) is 0 Å². The van der Waals surface area contributed by atoms with Gasteiger partial charge in [0.2, 0.25) is 11.1 Å². The Kier molecular flexibility index (Phi) is 11.0. The van der Waals surface area contributed by atoms with Gasteiger partial charge in [0.15, 0.2) is 0 Å². The second kappa shape index (κ2) is 9.10. The molecule has 0 spiro atoms. The van der Waals surface area contributed by atoms with E-state index in [9.17, 15) is 9.59 Å². The molecular weight excluding hydrogens is 224 g/mol. The van der Waals surface area contributed by atoms with Crippen LogP contribution in [-0.2, 0) is 9.59 Å². The van der Waals surface area contributed by atoms with Gasteiger partial charge in [-0.25, -0.2) is 0 Å². The van der Waals surface area contributed by atoms with Gasteiger partial charge < -0.3 is 4.90 Å².